The van der Waals surface area contributed by atoms with E-state index in [0.717, 1.165) is 50.2 Å². The van der Waals surface area contributed by atoms with Crippen molar-refractivity contribution in [3.63, 3.8) is 0 Å². The molecule has 0 aliphatic carbocycles. The molecular weight excluding hydrogens is 472 g/mol. The van der Waals surface area contributed by atoms with Crippen LogP contribution in [0.5, 0.6) is 0 Å². The SMILES string of the molecule is CN=C(NCCc1cc(Cl)cc(Cl)c1)N(C)CCC1CCOCC1.I. The van der Waals surface area contributed by atoms with E-state index in [1.165, 1.54) is 19.3 Å². The van der Waals surface area contributed by atoms with E-state index in [1.54, 1.807) is 6.07 Å². The van der Waals surface area contributed by atoms with Crippen LogP contribution < -0.4 is 5.32 Å². The molecule has 1 aromatic carbocycles. The third-order valence-corrected chi connectivity index (χ3v) is 4.84. The summed E-state index contributed by atoms with van der Waals surface area (Å²) >= 11 is 12.1. The van der Waals surface area contributed by atoms with Gasteiger partial charge in [0.25, 0.3) is 0 Å². The second-order valence-corrected chi connectivity index (χ2v) is 7.14. The molecule has 0 bridgehead atoms. The number of ether oxygens (including phenoxy) is 1. The Bertz CT molecular complexity index is 531. The van der Waals surface area contributed by atoms with Crippen molar-refractivity contribution in [3.05, 3.63) is 33.8 Å². The topological polar surface area (TPSA) is 36.9 Å². The molecule has 7 heteroatoms. The summed E-state index contributed by atoms with van der Waals surface area (Å²) in [6.45, 7) is 3.62. The maximum Gasteiger partial charge on any atom is 0.193 e. The van der Waals surface area contributed by atoms with Crippen LogP contribution >= 0.6 is 47.2 Å². The number of rotatable bonds is 6. The minimum Gasteiger partial charge on any atom is -0.381 e. The van der Waals surface area contributed by atoms with Gasteiger partial charge in [-0.3, -0.25) is 4.99 Å². The van der Waals surface area contributed by atoms with Gasteiger partial charge in [-0.1, -0.05) is 23.2 Å². The Labute approximate surface area is 178 Å². The minimum absolute atomic E-state index is 0. The summed E-state index contributed by atoms with van der Waals surface area (Å²) in [6.07, 6.45) is 4.39. The van der Waals surface area contributed by atoms with Gasteiger partial charge >= 0.3 is 0 Å². The maximum atomic E-state index is 6.04. The molecule has 0 spiro atoms. The van der Waals surface area contributed by atoms with Crippen molar-refractivity contribution < 1.29 is 4.74 Å². The molecule has 1 heterocycles. The molecule has 1 fully saturated rings. The average molecular weight is 500 g/mol. The molecule has 25 heavy (non-hydrogen) atoms. The van der Waals surface area contributed by atoms with E-state index < -0.39 is 0 Å². The van der Waals surface area contributed by atoms with Gasteiger partial charge < -0.3 is 15.0 Å². The third-order valence-electron chi connectivity index (χ3n) is 4.41. The van der Waals surface area contributed by atoms with E-state index in [9.17, 15) is 0 Å². The summed E-state index contributed by atoms with van der Waals surface area (Å²) in [7, 11) is 3.91. The van der Waals surface area contributed by atoms with E-state index in [-0.39, 0.29) is 24.0 Å². The van der Waals surface area contributed by atoms with Crippen LogP contribution in [0.15, 0.2) is 23.2 Å². The van der Waals surface area contributed by atoms with Gasteiger partial charge in [0.2, 0.25) is 0 Å². The quantitative estimate of drug-likeness (QED) is 0.356. The molecule has 1 aromatic rings. The number of aliphatic imine (C=N–C) groups is 1. The molecule has 1 saturated heterocycles. The average Bonchev–Trinajstić information content (AvgIpc) is 2.57. The first kappa shape index (κ1) is 22.8. The first-order valence-corrected chi connectivity index (χ1v) is 9.28. The Morgan fingerprint density at radius 2 is 1.88 bits per heavy atom. The van der Waals surface area contributed by atoms with Crippen LogP contribution in [0, 0.1) is 5.92 Å². The highest BCUT2D eigenvalue weighted by Gasteiger charge is 2.15. The number of hydrogen-bond acceptors (Lipinski definition) is 2. The van der Waals surface area contributed by atoms with Crippen molar-refractivity contribution in [2.75, 3.05) is 40.4 Å². The molecule has 142 valence electrons. The summed E-state index contributed by atoms with van der Waals surface area (Å²) in [4.78, 5) is 6.57. The van der Waals surface area contributed by atoms with Crippen LogP contribution in [0.3, 0.4) is 0 Å². The molecule has 0 unspecified atom stereocenters. The second kappa shape index (κ2) is 12.2. The molecule has 2 rings (SSSR count). The lowest BCUT2D eigenvalue weighted by atomic mass is 9.96. The molecule has 0 radical (unpaired) electrons. The number of nitrogens with one attached hydrogen (secondary N) is 1. The Morgan fingerprint density at radius 3 is 2.48 bits per heavy atom. The van der Waals surface area contributed by atoms with Crippen LogP contribution in [-0.2, 0) is 11.2 Å². The number of guanidine groups is 1. The first-order chi connectivity index (χ1) is 11.6. The number of hydrogen-bond donors (Lipinski definition) is 1. The molecular formula is C18H28Cl2IN3O. The molecule has 4 nitrogen and oxygen atoms in total. The minimum atomic E-state index is 0. The van der Waals surface area contributed by atoms with Gasteiger partial charge in [-0.05, 0) is 55.4 Å². The predicted octanol–water partition coefficient (Wildman–Crippen LogP) is 4.48. The van der Waals surface area contributed by atoms with Crippen LogP contribution in [0.1, 0.15) is 24.8 Å². The highest BCUT2D eigenvalue weighted by atomic mass is 127. The molecule has 1 aliphatic heterocycles. The first-order valence-electron chi connectivity index (χ1n) is 8.53. The van der Waals surface area contributed by atoms with Crippen molar-refractivity contribution in [3.8, 4) is 0 Å². The lowest BCUT2D eigenvalue weighted by Gasteiger charge is -2.26. The monoisotopic (exact) mass is 499 g/mol. The Hall–Kier alpha value is -0.240. The smallest absolute Gasteiger partial charge is 0.193 e. The number of halogens is 3. The van der Waals surface area contributed by atoms with Crippen LogP contribution in [0.4, 0.5) is 0 Å². The summed E-state index contributed by atoms with van der Waals surface area (Å²) in [6, 6.07) is 5.66. The van der Waals surface area contributed by atoms with Crippen molar-refractivity contribution in [2.45, 2.75) is 25.7 Å². The molecule has 1 N–H and O–H groups in total. The summed E-state index contributed by atoms with van der Waals surface area (Å²) < 4.78 is 5.42. The normalized spacial score (nSPS) is 15.6. The van der Waals surface area contributed by atoms with Crippen LogP contribution in [-0.4, -0.2) is 51.3 Å². The van der Waals surface area contributed by atoms with Crippen molar-refractivity contribution in [1.82, 2.24) is 10.2 Å². The number of nitrogens with zero attached hydrogens (tertiary/aromatic N) is 2. The van der Waals surface area contributed by atoms with Gasteiger partial charge in [0.05, 0.1) is 0 Å². The highest BCUT2D eigenvalue weighted by Crippen LogP contribution is 2.19. The molecule has 0 aromatic heterocycles. The summed E-state index contributed by atoms with van der Waals surface area (Å²) in [5.41, 5.74) is 1.13. The van der Waals surface area contributed by atoms with E-state index in [1.807, 2.05) is 19.2 Å². The van der Waals surface area contributed by atoms with E-state index in [2.05, 4.69) is 22.3 Å². The predicted molar refractivity (Wildman–Crippen MR) is 118 cm³/mol. The second-order valence-electron chi connectivity index (χ2n) is 6.27. The zero-order valence-corrected chi connectivity index (χ0v) is 18.8. The van der Waals surface area contributed by atoms with Crippen molar-refractivity contribution in [1.29, 1.82) is 0 Å². The van der Waals surface area contributed by atoms with Gasteiger partial charge in [0, 0.05) is 50.4 Å². The highest BCUT2D eigenvalue weighted by molar-refractivity contribution is 14.0. The zero-order chi connectivity index (χ0) is 17.4. The molecule has 0 amide bonds. The Balaban J connectivity index is 0.00000312. The zero-order valence-electron chi connectivity index (χ0n) is 14.9. The summed E-state index contributed by atoms with van der Waals surface area (Å²) in [5, 5.41) is 4.76. The van der Waals surface area contributed by atoms with Gasteiger partial charge in [0.1, 0.15) is 0 Å². The van der Waals surface area contributed by atoms with E-state index in [0.29, 0.717) is 10.0 Å². The fourth-order valence-electron chi connectivity index (χ4n) is 2.98. The van der Waals surface area contributed by atoms with Crippen molar-refractivity contribution >= 4 is 53.1 Å². The molecule has 1 aliphatic rings. The maximum absolute atomic E-state index is 6.04. The largest absolute Gasteiger partial charge is 0.381 e. The number of benzene rings is 1. The van der Waals surface area contributed by atoms with Gasteiger partial charge in [-0.15, -0.1) is 24.0 Å². The summed E-state index contributed by atoms with van der Waals surface area (Å²) in [5.74, 6) is 1.70. The van der Waals surface area contributed by atoms with Crippen LogP contribution in [0.25, 0.3) is 0 Å². The van der Waals surface area contributed by atoms with Gasteiger partial charge in [-0.25, -0.2) is 0 Å². The molecule has 0 atom stereocenters. The lowest BCUT2D eigenvalue weighted by molar-refractivity contribution is 0.0625. The van der Waals surface area contributed by atoms with Gasteiger partial charge in [0.15, 0.2) is 5.96 Å². The lowest BCUT2D eigenvalue weighted by Crippen LogP contribution is -2.40. The van der Waals surface area contributed by atoms with Crippen molar-refractivity contribution in [2.24, 2.45) is 10.9 Å². The Kier molecular flexibility index (Phi) is 11.1. The standard InChI is InChI=1S/C18H27Cl2N3O.HI/c1-21-18(23(2)8-4-14-5-9-24-10-6-14)22-7-3-15-11-16(19)13-17(20)12-15;/h11-14H,3-10H2,1-2H3,(H,21,22);1H. The van der Waals surface area contributed by atoms with Crippen LogP contribution in [0.2, 0.25) is 10.0 Å². The van der Waals surface area contributed by atoms with E-state index in [4.69, 9.17) is 27.9 Å². The fourth-order valence-corrected chi connectivity index (χ4v) is 3.55. The third kappa shape index (κ3) is 8.33. The van der Waals surface area contributed by atoms with Gasteiger partial charge in [-0.2, -0.15) is 0 Å². The fraction of sp³-hybridized carbons (Fsp3) is 0.611. The Morgan fingerprint density at radius 1 is 1.24 bits per heavy atom. The molecule has 0 saturated carbocycles. The van der Waals surface area contributed by atoms with E-state index >= 15 is 0 Å².